The van der Waals surface area contributed by atoms with Crippen LogP contribution in [0.4, 0.5) is 11.6 Å². The van der Waals surface area contributed by atoms with Gasteiger partial charge in [-0.3, -0.25) is 9.78 Å². The zero-order valence-corrected chi connectivity index (χ0v) is 15.4. The lowest BCUT2D eigenvalue weighted by molar-refractivity contribution is -0.149. The lowest BCUT2D eigenvalue weighted by atomic mass is 9.92. The van der Waals surface area contributed by atoms with Gasteiger partial charge in [0, 0.05) is 48.5 Å². The molecule has 3 rings (SSSR count). The van der Waals surface area contributed by atoms with Crippen LogP contribution in [0.5, 0.6) is 0 Å². The lowest BCUT2D eigenvalue weighted by Crippen LogP contribution is -2.48. The molecule has 1 aliphatic rings. The number of nitrogens with one attached hydrogen (secondary N) is 1. The minimum atomic E-state index is -1.35. The first-order valence-electron chi connectivity index (χ1n) is 8.87. The molecule has 0 bridgehead atoms. The second-order valence-corrected chi connectivity index (χ2v) is 7.27. The number of piperidine rings is 1. The van der Waals surface area contributed by atoms with Gasteiger partial charge in [-0.25, -0.2) is 9.97 Å². The van der Waals surface area contributed by atoms with E-state index in [9.17, 15) is 9.90 Å². The molecule has 1 aliphatic heterocycles. The zero-order valence-electron chi connectivity index (χ0n) is 15.4. The van der Waals surface area contributed by atoms with Crippen LogP contribution in [-0.2, 0) is 4.79 Å². The highest BCUT2D eigenvalue weighted by molar-refractivity contribution is 5.84. The molecule has 1 unspecified atom stereocenters. The Morgan fingerprint density at radius 1 is 1.31 bits per heavy atom. The van der Waals surface area contributed by atoms with Crippen molar-refractivity contribution < 1.29 is 9.90 Å². The number of anilines is 2. The van der Waals surface area contributed by atoms with E-state index in [1.807, 2.05) is 19.1 Å². The Labute approximate surface area is 153 Å². The fraction of sp³-hybridized carbons (Fsp3) is 0.474. The molecule has 2 aromatic rings. The Bertz CT molecular complexity index is 773. The topological polar surface area (TPSA) is 91.2 Å². The van der Waals surface area contributed by atoms with E-state index in [1.54, 1.807) is 23.4 Å². The molecule has 1 fully saturated rings. The van der Waals surface area contributed by atoms with E-state index < -0.39 is 5.60 Å². The Hall–Kier alpha value is -2.54. The summed E-state index contributed by atoms with van der Waals surface area (Å²) in [5, 5.41) is 13.2. The van der Waals surface area contributed by atoms with Crippen LogP contribution >= 0.6 is 0 Å². The molecular weight excluding hydrogens is 330 g/mol. The number of aromatic nitrogens is 3. The van der Waals surface area contributed by atoms with Crippen molar-refractivity contribution in [3.63, 3.8) is 0 Å². The van der Waals surface area contributed by atoms with Gasteiger partial charge in [-0.2, -0.15) is 0 Å². The third kappa shape index (κ3) is 4.35. The molecule has 7 nitrogen and oxygen atoms in total. The smallest absolute Gasteiger partial charge is 0.253 e. The monoisotopic (exact) mass is 355 g/mol. The third-order valence-corrected chi connectivity index (χ3v) is 4.45. The lowest BCUT2D eigenvalue weighted by Gasteiger charge is -2.35. The van der Waals surface area contributed by atoms with Gasteiger partial charge >= 0.3 is 0 Å². The SMILES string of the molecule is Cc1cc(Nc2ncccn2)cc(C2CCCN(C(=O)C(C)(C)O)C2)n1. The number of amides is 1. The summed E-state index contributed by atoms with van der Waals surface area (Å²) in [5.41, 5.74) is 1.37. The van der Waals surface area contributed by atoms with E-state index in [2.05, 4.69) is 20.3 Å². The molecule has 1 atom stereocenters. The van der Waals surface area contributed by atoms with Crippen molar-refractivity contribution in [2.24, 2.45) is 0 Å². The number of likely N-dealkylation sites (tertiary alicyclic amines) is 1. The Morgan fingerprint density at radius 3 is 2.73 bits per heavy atom. The van der Waals surface area contributed by atoms with Gasteiger partial charge in [0.15, 0.2) is 0 Å². The van der Waals surface area contributed by atoms with Crippen LogP contribution in [0.1, 0.15) is 44.0 Å². The van der Waals surface area contributed by atoms with E-state index in [1.165, 1.54) is 13.8 Å². The van der Waals surface area contributed by atoms with Gasteiger partial charge in [0.2, 0.25) is 5.95 Å². The van der Waals surface area contributed by atoms with Gasteiger partial charge in [0.05, 0.1) is 0 Å². The van der Waals surface area contributed by atoms with E-state index in [0.29, 0.717) is 19.0 Å². The maximum absolute atomic E-state index is 12.4. The summed E-state index contributed by atoms with van der Waals surface area (Å²) in [6.07, 6.45) is 5.23. The summed E-state index contributed by atoms with van der Waals surface area (Å²) in [6, 6.07) is 5.71. The van der Waals surface area contributed by atoms with E-state index >= 15 is 0 Å². The van der Waals surface area contributed by atoms with E-state index in [-0.39, 0.29) is 11.8 Å². The number of nitrogens with zero attached hydrogens (tertiary/aromatic N) is 4. The number of carbonyl (C=O) groups is 1. The van der Waals surface area contributed by atoms with Gasteiger partial charge in [0.1, 0.15) is 5.60 Å². The summed E-state index contributed by atoms with van der Waals surface area (Å²) in [6.45, 7) is 6.26. The molecule has 1 saturated heterocycles. The normalized spacial score (nSPS) is 17.8. The molecule has 26 heavy (non-hydrogen) atoms. The van der Waals surface area contributed by atoms with Crippen molar-refractivity contribution in [1.82, 2.24) is 19.9 Å². The predicted molar refractivity (Wildman–Crippen MR) is 99.1 cm³/mol. The van der Waals surface area contributed by atoms with Crippen LogP contribution in [0.2, 0.25) is 0 Å². The molecule has 0 aliphatic carbocycles. The molecule has 7 heteroatoms. The Balaban J connectivity index is 1.79. The molecule has 138 valence electrons. The van der Waals surface area contributed by atoms with E-state index in [4.69, 9.17) is 0 Å². The predicted octanol–water partition coefficient (Wildman–Crippen LogP) is 2.40. The van der Waals surface area contributed by atoms with Crippen molar-refractivity contribution in [3.8, 4) is 0 Å². The largest absolute Gasteiger partial charge is 0.381 e. The minimum absolute atomic E-state index is 0.146. The number of rotatable bonds is 4. The molecule has 2 N–H and O–H groups in total. The van der Waals surface area contributed by atoms with Crippen LogP contribution < -0.4 is 5.32 Å². The van der Waals surface area contributed by atoms with Crippen molar-refractivity contribution >= 4 is 17.5 Å². The van der Waals surface area contributed by atoms with Gasteiger partial charge in [-0.05, 0) is 51.8 Å². The molecule has 0 radical (unpaired) electrons. The van der Waals surface area contributed by atoms with Crippen LogP contribution in [0, 0.1) is 6.92 Å². The van der Waals surface area contributed by atoms with Gasteiger partial charge in [-0.1, -0.05) is 0 Å². The number of hydrogen-bond donors (Lipinski definition) is 2. The summed E-state index contributed by atoms with van der Waals surface area (Å²) >= 11 is 0. The fourth-order valence-electron chi connectivity index (χ4n) is 3.26. The number of aryl methyl sites for hydroxylation is 1. The second kappa shape index (κ2) is 7.37. The second-order valence-electron chi connectivity index (χ2n) is 7.27. The van der Waals surface area contributed by atoms with Gasteiger partial charge in [0.25, 0.3) is 5.91 Å². The Kier molecular flexibility index (Phi) is 5.18. The summed E-state index contributed by atoms with van der Waals surface area (Å²) in [5.74, 6) is 0.449. The quantitative estimate of drug-likeness (QED) is 0.875. The first-order valence-corrected chi connectivity index (χ1v) is 8.87. The minimum Gasteiger partial charge on any atom is -0.381 e. The molecule has 0 aromatic carbocycles. The summed E-state index contributed by atoms with van der Waals surface area (Å²) < 4.78 is 0. The van der Waals surface area contributed by atoms with Gasteiger partial charge in [-0.15, -0.1) is 0 Å². The van der Waals surface area contributed by atoms with Crippen LogP contribution in [0.15, 0.2) is 30.6 Å². The van der Waals surface area contributed by atoms with Crippen molar-refractivity contribution in [1.29, 1.82) is 0 Å². The van der Waals surface area contributed by atoms with Crippen LogP contribution in [-0.4, -0.2) is 49.6 Å². The van der Waals surface area contributed by atoms with Crippen molar-refractivity contribution in [2.45, 2.75) is 45.1 Å². The molecule has 3 heterocycles. The first kappa shape index (κ1) is 18.3. The van der Waals surface area contributed by atoms with Crippen LogP contribution in [0.25, 0.3) is 0 Å². The zero-order chi connectivity index (χ0) is 18.7. The standard InChI is InChI=1S/C19H25N5O2/c1-13-10-15(23-18-20-7-5-8-21-18)11-16(22-13)14-6-4-9-24(12-14)17(25)19(2,3)26/h5,7-8,10-11,14,26H,4,6,9,12H2,1-3H3,(H,20,21,22,23). The first-order chi connectivity index (χ1) is 12.3. The molecule has 2 aromatic heterocycles. The number of hydrogen-bond acceptors (Lipinski definition) is 6. The third-order valence-electron chi connectivity index (χ3n) is 4.45. The number of aliphatic hydroxyl groups is 1. The Morgan fingerprint density at radius 2 is 2.04 bits per heavy atom. The molecule has 0 saturated carbocycles. The van der Waals surface area contributed by atoms with Gasteiger partial charge < -0.3 is 15.3 Å². The fourth-order valence-corrected chi connectivity index (χ4v) is 3.26. The maximum Gasteiger partial charge on any atom is 0.253 e. The average Bonchev–Trinajstić information content (AvgIpc) is 2.61. The average molecular weight is 355 g/mol. The van der Waals surface area contributed by atoms with Crippen molar-refractivity contribution in [2.75, 3.05) is 18.4 Å². The highest BCUT2D eigenvalue weighted by atomic mass is 16.3. The summed E-state index contributed by atoms with van der Waals surface area (Å²) in [4.78, 5) is 27.2. The maximum atomic E-state index is 12.4. The number of carbonyl (C=O) groups excluding carboxylic acids is 1. The van der Waals surface area contributed by atoms with Crippen molar-refractivity contribution in [3.05, 3.63) is 42.0 Å². The molecular formula is C19H25N5O2. The highest BCUT2D eigenvalue weighted by Gasteiger charge is 2.33. The molecule has 0 spiro atoms. The summed E-state index contributed by atoms with van der Waals surface area (Å²) in [7, 11) is 0. The molecule has 1 amide bonds. The van der Waals surface area contributed by atoms with Crippen LogP contribution in [0.3, 0.4) is 0 Å². The van der Waals surface area contributed by atoms with E-state index in [0.717, 1.165) is 29.9 Å². The highest BCUT2D eigenvalue weighted by Crippen LogP contribution is 2.29. The number of pyridine rings is 1.